The predicted octanol–water partition coefficient (Wildman–Crippen LogP) is 2.86. The number of benzene rings is 1. The monoisotopic (exact) mass is 214 g/mol. The molecule has 1 aromatic carbocycles. The first-order chi connectivity index (χ1) is 7.03. The van der Waals surface area contributed by atoms with Crippen molar-refractivity contribution in [3.63, 3.8) is 0 Å². The second-order valence-electron chi connectivity index (χ2n) is 2.44. The molecule has 0 unspecified atom stereocenters. The highest BCUT2D eigenvalue weighted by atomic mass is 19.4. The van der Waals surface area contributed by atoms with E-state index >= 15 is 0 Å². The van der Waals surface area contributed by atoms with E-state index in [1.165, 1.54) is 12.1 Å². The summed E-state index contributed by atoms with van der Waals surface area (Å²) in [5.74, 6) is 0. The number of rotatable bonds is 2. The second-order valence-corrected chi connectivity index (χ2v) is 2.44. The first-order valence-corrected chi connectivity index (χ1v) is 3.77. The number of nitrogens with zero attached hydrogens (tertiary/aromatic N) is 3. The average Bonchev–Trinajstić information content (AvgIpc) is 2.16. The van der Waals surface area contributed by atoms with Crippen LogP contribution in [0.4, 0.5) is 18.9 Å². The van der Waals surface area contributed by atoms with Crippen LogP contribution in [0.3, 0.4) is 0 Å². The van der Waals surface area contributed by atoms with Crippen LogP contribution in [0.1, 0.15) is 5.56 Å². The van der Waals surface area contributed by atoms with Gasteiger partial charge in [-0.25, -0.2) is 0 Å². The van der Waals surface area contributed by atoms with Crippen LogP contribution in [-0.4, -0.2) is 6.30 Å². The van der Waals surface area contributed by atoms with Crippen molar-refractivity contribution in [1.29, 1.82) is 5.26 Å². The van der Waals surface area contributed by atoms with Crippen molar-refractivity contribution in [1.82, 2.24) is 0 Å². The number of hydrogen-bond acceptors (Lipinski definition) is 3. The van der Waals surface area contributed by atoms with E-state index in [1.54, 1.807) is 18.2 Å². The Balaban J connectivity index is 2.75. The lowest BCUT2D eigenvalue weighted by Gasteiger charge is -2.01. The van der Waals surface area contributed by atoms with Gasteiger partial charge in [0.15, 0.2) is 0 Å². The molecule has 1 aromatic rings. The van der Waals surface area contributed by atoms with Gasteiger partial charge < -0.3 is 0 Å². The molecule has 0 heterocycles. The second kappa shape index (κ2) is 4.41. The molecule has 0 radical (unpaired) electrons. The van der Waals surface area contributed by atoms with Crippen molar-refractivity contribution in [2.24, 2.45) is 10.3 Å². The minimum atomic E-state index is -4.71. The van der Waals surface area contributed by atoms with Gasteiger partial charge >= 0.3 is 6.30 Å². The van der Waals surface area contributed by atoms with Crippen molar-refractivity contribution < 1.29 is 13.2 Å². The number of anilines is 1. The van der Waals surface area contributed by atoms with Crippen molar-refractivity contribution in [2.75, 3.05) is 5.43 Å². The number of halogens is 3. The molecule has 1 rings (SSSR count). The largest absolute Gasteiger partial charge is 0.522 e. The molecule has 0 atom stereocenters. The molecule has 0 saturated heterocycles. The zero-order chi connectivity index (χ0) is 11.3. The number of hydrogen-bond donors (Lipinski definition) is 1. The van der Waals surface area contributed by atoms with E-state index in [4.69, 9.17) is 5.26 Å². The van der Waals surface area contributed by atoms with Crippen LogP contribution >= 0.6 is 0 Å². The summed E-state index contributed by atoms with van der Waals surface area (Å²) >= 11 is 0. The van der Waals surface area contributed by atoms with Crippen LogP contribution in [0.2, 0.25) is 0 Å². The van der Waals surface area contributed by atoms with Gasteiger partial charge in [0.25, 0.3) is 0 Å². The fourth-order valence-electron chi connectivity index (χ4n) is 0.814. The van der Waals surface area contributed by atoms with Crippen LogP contribution in [-0.2, 0) is 0 Å². The molecule has 0 fully saturated rings. The molecule has 0 aliphatic carbocycles. The van der Waals surface area contributed by atoms with E-state index in [9.17, 15) is 13.2 Å². The van der Waals surface area contributed by atoms with Crippen LogP contribution in [0.25, 0.3) is 0 Å². The smallest absolute Gasteiger partial charge is 0.259 e. The van der Waals surface area contributed by atoms with Crippen molar-refractivity contribution in [3.8, 4) is 6.07 Å². The molecule has 0 bridgehead atoms. The lowest BCUT2D eigenvalue weighted by atomic mass is 10.2. The Labute approximate surface area is 83.0 Å². The van der Waals surface area contributed by atoms with E-state index in [0.29, 0.717) is 0 Å². The Morgan fingerprint density at radius 2 is 1.93 bits per heavy atom. The van der Waals surface area contributed by atoms with Gasteiger partial charge in [-0.2, -0.15) is 5.26 Å². The Kier molecular flexibility index (Phi) is 3.23. The molecular formula is C8H5F3N4. The lowest BCUT2D eigenvalue weighted by molar-refractivity contribution is -0.125. The number of para-hydroxylation sites is 1. The fraction of sp³-hybridized carbons (Fsp3) is 0.125. The van der Waals surface area contributed by atoms with Gasteiger partial charge in [0.05, 0.1) is 11.3 Å². The summed E-state index contributed by atoms with van der Waals surface area (Å²) in [6.45, 7) is 0. The number of nitrogens with one attached hydrogen (secondary N) is 1. The minimum absolute atomic E-state index is 0.174. The summed E-state index contributed by atoms with van der Waals surface area (Å²) in [6.07, 6.45) is -4.71. The summed E-state index contributed by atoms with van der Waals surface area (Å²) < 4.78 is 34.7. The van der Waals surface area contributed by atoms with E-state index in [1.807, 2.05) is 10.5 Å². The summed E-state index contributed by atoms with van der Waals surface area (Å²) in [6, 6.07) is 7.82. The Hall–Kier alpha value is -2.10. The summed E-state index contributed by atoms with van der Waals surface area (Å²) in [4.78, 5) is 0. The van der Waals surface area contributed by atoms with Crippen molar-refractivity contribution >= 4 is 5.69 Å². The molecule has 15 heavy (non-hydrogen) atoms. The molecule has 0 spiro atoms. The first-order valence-electron chi connectivity index (χ1n) is 3.77. The molecule has 0 aromatic heterocycles. The molecule has 0 aliphatic rings. The Morgan fingerprint density at radius 3 is 2.53 bits per heavy atom. The first kappa shape index (κ1) is 11.0. The molecular weight excluding hydrogens is 209 g/mol. The number of nitriles is 1. The van der Waals surface area contributed by atoms with Crippen molar-refractivity contribution in [3.05, 3.63) is 29.8 Å². The third-order valence-corrected chi connectivity index (χ3v) is 1.38. The normalized spacial score (nSPS) is 11.3. The van der Waals surface area contributed by atoms with Crippen LogP contribution in [0, 0.1) is 11.3 Å². The highest BCUT2D eigenvalue weighted by Gasteiger charge is 2.26. The molecule has 78 valence electrons. The van der Waals surface area contributed by atoms with E-state index in [-0.39, 0.29) is 11.3 Å². The van der Waals surface area contributed by atoms with E-state index in [0.717, 1.165) is 0 Å². The summed E-state index contributed by atoms with van der Waals surface area (Å²) in [5, 5.41) is 13.3. The maximum atomic E-state index is 11.6. The quantitative estimate of drug-likeness (QED) is 0.467. The number of alkyl halides is 3. The highest BCUT2D eigenvalue weighted by molar-refractivity contribution is 5.56. The third kappa shape index (κ3) is 3.64. The minimum Gasteiger partial charge on any atom is -0.259 e. The maximum absolute atomic E-state index is 11.6. The van der Waals surface area contributed by atoms with Crippen LogP contribution in [0.5, 0.6) is 0 Å². The van der Waals surface area contributed by atoms with Gasteiger partial charge in [-0.3, -0.25) is 5.43 Å². The molecule has 0 aliphatic heterocycles. The molecule has 7 heteroatoms. The van der Waals surface area contributed by atoms with Crippen molar-refractivity contribution in [2.45, 2.75) is 6.30 Å². The topological polar surface area (TPSA) is 60.5 Å². The van der Waals surface area contributed by atoms with Crippen LogP contribution < -0.4 is 5.43 Å². The van der Waals surface area contributed by atoms with Gasteiger partial charge in [0.1, 0.15) is 6.07 Å². The third-order valence-electron chi connectivity index (χ3n) is 1.38. The molecule has 0 amide bonds. The predicted molar refractivity (Wildman–Crippen MR) is 45.7 cm³/mol. The van der Waals surface area contributed by atoms with Gasteiger partial charge in [-0.1, -0.05) is 22.5 Å². The molecule has 1 N–H and O–H groups in total. The highest BCUT2D eigenvalue weighted by Crippen LogP contribution is 2.18. The molecule has 0 saturated carbocycles. The van der Waals surface area contributed by atoms with E-state index < -0.39 is 6.30 Å². The Morgan fingerprint density at radius 1 is 1.27 bits per heavy atom. The van der Waals surface area contributed by atoms with Gasteiger partial charge in [-0.15, -0.1) is 13.2 Å². The van der Waals surface area contributed by atoms with Gasteiger partial charge in [-0.05, 0) is 12.1 Å². The average molecular weight is 214 g/mol. The lowest BCUT2D eigenvalue weighted by Crippen LogP contribution is -2.02. The SMILES string of the molecule is N#Cc1ccccc1NN=NC(F)(F)F. The van der Waals surface area contributed by atoms with Gasteiger partial charge in [0.2, 0.25) is 0 Å². The summed E-state index contributed by atoms with van der Waals surface area (Å²) in [5.41, 5.74) is 2.40. The fourth-order valence-corrected chi connectivity index (χ4v) is 0.814. The Bertz CT molecular complexity index is 405. The zero-order valence-corrected chi connectivity index (χ0v) is 7.28. The zero-order valence-electron chi connectivity index (χ0n) is 7.28. The summed E-state index contributed by atoms with van der Waals surface area (Å²) in [7, 11) is 0. The standard InChI is InChI=1S/C8H5F3N4/c9-8(10,11)14-15-13-7-4-2-1-3-6(7)5-12/h1-4H,(H,13,14). The maximum Gasteiger partial charge on any atom is 0.522 e. The molecule has 4 nitrogen and oxygen atoms in total. The van der Waals surface area contributed by atoms with Gasteiger partial charge in [0, 0.05) is 0 Å². The van der Waals surface area contributed by atoms with E-state index in [2.05, 4.69) is 5.22 Å². The van der Waals surface area contributed by atoms with Crippen LogP contribution in [0.15, 0.2) is 34.6 Å².